The first-order valence-corrected chi connectivity index (χ1v) is 10.6. The zero-order chi connectivity index (χ0) is 17.5. The molecule has 0 heterocycles. The molecule has 0 spiro atoms. The Balaban J connectivity index is 2.83. The van der Waals surface area contributed by atoms with E-state index in [1.54, 1.807) is 14.2 Å². The fourth-order valence-electron chi connectivity index (χ4n) is 1.60. The molecule has 0 radical (unpaired) electrons. The first-order valence-electron chi connectivity index (χ1n) is 7.71. The fraction of sp³-hybridized carbons (Fsp3) is 0.647. The number of hydrogen-bond acceptors (Lipinski definition) is 5. The van der Waals surface area contributed by atoms with E-state index in [0.29, 0.717) is 18.1 Å². The quantitative estimate of drug-likeness (QED) is 0.498. The second kappa shape index (κ2) is 8.68. The Morgan fingerprint density at radius 3 is 2.00 bits per heavy atom. The first kappa shape index (κ1) is 20.0. The number of hydrogen-bond donors (Lipinski definition) is 0. The van der Waals surface area contributed by atoms with E-state index in [1.807, 2.05) is 18.2 Å². The van der Waals surface area contributed by atoms with E-state index >= 15 is 0 Å². The summed E-state index contributed by atoms with van der Waals surface area (Å²) >= 11 is 0. The smallest absolute Gasteiger partial charge is 0.192 e. The van der Waals surface area contributed by atoms with Crippen molar-refractivity contribution in [3.05, 3.63) is 23.8 Å². The maximum Gasteiger partial charge on any atom is 0.192 e. The molecule has 0 N–H and O–H groups in total. The van der Waals surface area contributed by atoms with Gasteiger partial charge < -0.3 is 23.4 Å². The first-order chi connectivity index (χ1) is 10.7. The topological polar surface area (TPSA) is 46.2 Å². The lowest BCUT2D eigenvalue weighted by Gasteiger charge is -2.36. The minimum atomic E-state index is -1.78. The summed E-state index contributed by atoms with van der Waals surface area (Å²) in [5.74, 6) is 1.25. The Morgan fingerprint density at radius 2 is 1.48 bits per heavy atom. The van der Waals surface area contributed by atoms with Gasteiger partial charge in [0.2, 0.25) is 0 Å². The van der Waals surface area contributed by atoms with Gasteiger partial charge in [0.1, 0.15) is 0 Å². The number of rotatable bonds is 9. The van der Waals surface area contributed by atoms with Crippen molar-refractivity contribution in [3.63, 3.8) is 0 Å². The molecule has 1 aromatic carbocycles. The molecule has 132 valence electrons. The molecule has 0 aliphatic carbocycles. The van der Waals surface area contributed by atoms with Crippen LogP contribution in [0.5, 0.6) is 11.5 Å². The monoisotopic (exact) mass is 342 g/mol. The molecule has 0 saturated heterocycles. The molecule has 0 fully saturated rings. The SMILES string of the molecule is COCOc1ccc(CO[Si](C)(C)C(C)(C)C)cc1OCOC. The molecule has 0 aromatic heterocycles. The second-order valence-electron chi connectivity index (χ2n) is 6.93. The highest BCUT2D eigenvalue weighted by Crippen LogP contribution is 2.37. The Labute approximate surface area is 141 Å². The number of methoxy groups -OCH3 is 2. The third-order valence-corrected chi connectivity index (χ3v) is 8.56. The van der Waals surface area contributed by atoms with Crippen LogP contribution in [0.15, 0.2) is 18.2 Å². The van der Waals surface area contributed by atoms with Gasteiger partial charge in [0.05, 0.1) is 6.61 Å². The van der Waals surface area contributed by atoms with Crippen LogP contribution in [-0.2, 0) is 20.5 Å². The van der Waals surface area contributed by atoms with Crippen LogP contribution >= 0.6 is 0 Å². The van der Waals surface area contributed by atoms with Crippen LogP contribution in [0.4, 0.5) is 0 Å². The summed E-state index contributed by atoms with van der Waals surface area (Å²) in [6.07, 6.45) is 0. The van der Waals surface area contributed by atoms with Crippen LogP contribution in [0.1, 0.15) is 26.3 Å². The van der Waals surface area contributed by atoms with Gasteiger partial charge in [-0.3, -0.25) is 0 Å². The van der Waals surface area contributed by atoms with Crippen LogP contribution in [0.3, 0.4) is 0 Å². The van der Waals surface area contributed by atoms with Crippen molar-refractivity contribution >= 4 is 8.32 Å². The standard InChI is InChI=1S/C17H30O5Si/c1-17(2,3)23(6,7)22-11-14-8-9-15(20-12-18-4)16(10-14)21-13-19-5/h8-10H,11-13H2,1-7H3. The summed E-state index contributed by atoms with van der Waals surface area (Å²) in [6.45, 7) is 12.1. The van der Waals surface area contributed by atoms with Gasteiger partial charge >= 0.3 is 0 Å². The molecule has 1 aromatic rings. The molecular formula is C17H30O5Si. The van der Waals surface area contributed by atoms with Crippen LogP contribution in [0.25, 0.3) is 0 Å². The molecule has 1 rings (SSSR count). The summed E-state index contributed by atoms with van der Waals surface area (Å²) in [6, 6.07) is 5.78. The molecule has 23 heavy (non-hydrogen) atoms. The van der Waals surface area contributed by atoms with Gasteiger partial charge in [-0.1, -0.05) is 26.8 Å². The molecule has 0 atom stereocenters. The average Bonchev–Trinajstić information content (AvgIpc) is 2.48. The highest BCUT2D eigenvalue weighted by molar-refractivity contribution is 6.74. The van der Waals surface area contributed by atoms with Crippen LogP contribution in [0, 0.1) is 0 Å². The number of benzene rings is 1. The largest absolute Gasteiger partial charge is 0.464 e. The molecular weight excluding hydrogens is 312 g/mol. The van der Waals surface area contributed by atoms with Gasteiger partial charge in [0, 0.05) is 14.2 Å². The van der Waals surface area contributed by atoms with Crippen molar-refractivity contribution in [3.8, 4) is 11.5 Å². The summed E-state index contributed by atoms with van der Waals surface area (Å²) < 4.78 is 27.2. The highest BCUT2D eigenvalue weighted by Gasteiger charge is 2.37. The Bertz CT molecular complexity index is 482. The lowest BCUT2D eigenvalue weighted by atomic mass is 10.2. The minimum Gasteiger partial charge on any atom is -0.464 e. The van der Waals surface area contributed by atoms with E-state index < -0.39 is 8.32 Å². The summed E-state index contributed by atoms with van der Waals surface area (Å²) in [5.41, 5.74) is 1.05. The lowest BCUT2D eigenvalue weighted by Crippen LogP contribution is -2.40. The number of ether oxygens (including phenoxy) is 4. The van der Waals surface area contributed by atoms with E-state index in [2.05, 4.69) is 33.9 Å². The third kappa shape index (κ3) is 6.14. The molecule has 0 saturated carbocycles. The maximum atomic E-state index is 6.25. The molecule has 0 aliphatic rings. The summed E-state index contributed by atoms with van der Waals surface area (Å²) in [7, 11) is 1.38. The minimum absolute atomic E-state index is 0.163. The van der Waals surface area contributed by atoms with E-state index in [0.717, 1.165) is 5.56 Å². The highest BCUT2D eigenvalue weighted by atomic mass is 28.4. The van der Waals surface area contributed by atoms with E-state index in [9.17, 15) is 0 Å². The van der Waals surface area contributed by atoms with Gasteiger partial charge in [-0.2, -0.15) is 0 Å². The van der Waals surface area contributed by atoms with Gasteiger partial charge in [-0.15, -0.1) is 0 Å². The summed E-state index contributed by atoms with van der Waals surface area (Å²) in [4.78, 5) is 0. The van der Waals surface area contributed by atoms with Gasteiger partial charge in [0.15, 0.2) is 33.4 Å². The predicted molar refractivity (Wildman–Crippen MR) is 93.4 cm³/mol. The summed E-state index contributed by atoms with van der Waals surface area (Å²) in [5, 5.41) is 0.184. The van der Waals surface area contributed by atoms with E-state index in [1.165, 1.54) is 0 Å². The van der Waals surface area contributed by atoms with Crippen molar-refractivity contribution in [2.24, 2.45) is 0 Å². The predicted octanol–water partition coefficient (Wildman–Crippen LogP) is 4.17. The molecule has 0 amide bonds. The van der Waals surface area contributed by atoms with E-state index in [4.69, 9.17) is 23.4 Å². The fourth-order valence-corrected chi connectivity index (χ4v) is 2.56. The third-order valence-electron chi connectivity index (χ3n) is 4.08. The van der Waals surface area contributed by atoms with Crippen LogP contribution in [0.2, 0.25) is 18.1 Å². The molecule has 0 aliphatic heterocycles. The maximum absolute atomic E-state index is 6.25. The van der Waals surface area contributed by atoms with Crippen molar-refractivity contribution in [2.45, 2.75) is 45.5 Å². The Morgan fingerprint density at radius 1 is 0.913 bits per heavy atom. The zero-order valence-corrected chi connectivity index (χ0v) is 16.4. The van der Waals surface area contributed by atoms with Crippen molar-refractivity contribution in [2.75, 3.05) is 27.8 Å². The Hall–Kier alpha value is -1.08. The van der Waals surface area contributed by atoms with Crippen molar-refractivity contribution < 1.29 is 23.4 Å². The Kier molecular flexibility index (Phi) is 7.53. The van der Waals surface area contributed by atoms with Crippen LogP contribution in [-0.4, -0.2) is 36.1 Å². The molecule has 0 unspecified atom stereocenters. The molecule has 6 heteroatoms. The van der Waals surface area contributed by atoms with Crippen LogP contribution < -0.4 is 9.47 Å². The zero-order valence-electron chi connectivity index (χ0n) is 15.4. The van der Waals surface area contributed by atoms with E-state index in [-0.39, 0.29) is 18.6 Å². The average molecular weight is 343 g/mol. The van der Waals surface area contributed by atoms with Gasteiger partial charge in [0.25, 0.3) is 0 Å². The van der Waals surface area contributed by atoms with Gasteiger partial charge in [-0.25, -0.2) is 0 Å². The lowest BCUT2D eigenvalue weighted by molar-refractivity contribution is 0.0321. The normalized spacial score (nSPS) is 12.3. The van der Waals surface area contributed by atoms with Crippen molar-refractivity contribution in [1.82, 2.24) is 0 Å². The molecule has 5 nitrogen and oxygen atoms in total. The van der Waals surface area contributed by atoms with Crippen molar-refractivity contribution in [1.29, 1.82) is 0 Å². The molecule has 0 bridgehead atoms. The second-order valence-corrected chi connectivity index (χ2v) is 11.7. The van der Waals surface area contributed by atoms with Gasteiger partial charge in [-0.05, 0) is 35.8 Å².